The molecule has 4 rings (SSSR count). The van der Waals surface area contributed by atoms with Crippen LogP contribution in [0.5, 0.6) is 17.2 Å². The second-order valence-corrected chi connectivity index (χ2v) is 9.64. The minimum absolute atomic E-state index is 0.0539. The van der Waals surface area contributed by atoms with Crippen LogP contribution in [-0.4, -0.2) is 86.8 Å². The Hall–Kier alpha value is -3.56. The van der Waals surface area contributed by atoms with Gasteiger partial charge < -0.3 is 29.0 Å². The van der Waals surface area contributed by atoms with Crippen LogP contribution in [0.3, 0.4) is 0 Å². The van der Waals surface area contributed by atoms with Gasteiger partial charge in [-0.15, -0.1) is 0 Å². The van der Waals surface area contributed by atoms with Crippen molar-refractivity contribution in [3.63, 3.8) is 0 Å². The second-order valence-electron chi connectivity index (χ2n) is 9.64. The summed E-state index contributed by atoms with van der Waals surface area (Å²) in [5.41, 5.74) is 1.15. The Morgan fingerprint density at radius 3 is 2.38 bits per heavy atom. The van der Waals surface area contributed by atoms with E-state index in [2.05, 4.69) is 11.8 Å². The Kier molecular flexibility index (Phi) is 9.84. The summed E-state index contributed by atoms with van der Waals surface area (Å²) in [4.78, 5) is 30.6. The highest BCUT2D eigenvalue weighted by atomic mass is 16.5. The summed E-state index contributed by atoms with van der Waals surface area (Å²) in [6, 6.07) is 11.4. The molecule has 1 atom stereocenters. The zero-order chi connectivity index (χ0) is 27.8. The monoisotopic (exact) mass is 538 g/mol. The van der Waals surface area contributed by atoms with Gasteiger partial charge in [-0.3, -0.25) is 14.5 Å². The van der Waals surface area contributed by atoms with Crippen molar-refractivity contribution in [2.75, 3.05) is 60.2 Å². The van der Waals surface area contributed by atoms with E-state index < -0.39 is 17.7 Å². The highest BCUT2D eigenvalue weighted by molar-refractivity contribution is 6.46. The molecule has 2 fully saturated rings. The number of amides is 1. The van der Waals surface area contributed by atoms with Crippen LogP contribution < -0.4 is 14.2 Å². The highest BCUT2D eigenvalue weighted by Crippen LogP contribution is 2.42. The van der Waals surface area contributed by atoms with E-state index in [4.69, 9.17) is 18.9 Å². The molecule has 2 aliphatic rings. The number of rotatable bonds is 12. The Balaban J connectivity index is 1.69. The number of benzene rings is 2. The number of hydrogen-bond acceptors (Lipinski definition) is 8. The van der Waals surface area contributed by atoms with Gasteiger partial charge in [0.05, 0.1) is 45.7 Å². The standard InChI is InChI=1S/C30H38N2O7/c1-4-5-17-39-24-12-9-22(20-25(24)37-3)27-26(28(33)21-7-10-23(36-2)11-8-21)29(34)30(35)32(27)14-6-13-31-15-18-38-19-16-31/h7-12,20,27,33H,4-6,13-19H2,1-3H3/b28-26+. The van der Waals surface area contributed by atoms with Crippen LogP contribution in [0.15, 0.2) is 48.0 Å². The minimum atomic E-state index is -0.768. The molecule has 2 aromatic rings. The molecule has 0 spiro atoms. The van der Waals surface area contributed by atoms with Crippen LogP contribution >= 0.6 is 0 Å². The quantitative estimate of drug-likeness (QED) is 0.187. The molecular weight excluding hydrogens is 500 g/mol. The number of morpholine rings is 1. The lowest BCUT2D eigenvalue weighted by Crippen LogP contribution is -2.39. The predicted molar refractivity (Wildman–Crippen MR) is 147 cm³/mol. The normalized spacial score (nSPS) is 19.4. The van der Waals surface area contributed by atoms with Crippen LogP contribution in [0.4, 0.5) is 0 Å². The summed E-state index contributed by atoms with van der Waals surface area (Å²) >= 11 is 0. The maximum absolute atomic E-state index is 13.4. The highest BCUT2D eigenvalue weighted by Gasteiger charge is 2.46. The number of carbonyl (C=O) groups excluding carboxylic acids is 2. The largest absolute Gasteiger partial charge is 0.507 e. The molecule has 1 unspecified atom stereocenters. The van der Waals surface area contributed by atoms with Gasteiger partial charge in [0.2, 0.25) is 0 Å². The van der Waals surface area contributed by atoms with E-state index in [9.17, 15) is 14.7 Å². The van der Waals surface area contributed by atoms with Crippen molar-refractivity contribution >= 4 is 17.4 Å². The smallest absolute Gasteiger partial charge is 0.295 e. The van der Waals surface area contributed by atoms with Crippen molar-refractivity contribution in [2.45, 2.75) is 32.2 Å². The summed E-state index contributed by atoms with van der Waals surface area (Å²) in [5, 5.41) is 11.3. The molecule has 9 nitrogen and oxygen atoms in total. The molecule has 2 aromatic carbocycles. The Labute approximate surface area is 229 Å². The Morgan fingerprint density at radius 1 is 0.974 bits per heavy atom. The second kappa shape index (κ2) is 13.5. The van der Waals surface area contributed by atoms with E-state index in [1.165, 1.54) is 0 Å². The number of hydrogen-bond donors (Lipinski definition) is 1. The van der Waals surface area contributed by atoms with Gasteiger partial charge in [0, 0.05) is 31.7 Å². The average molecular weight is 539 g/mol. The van der Waals surface area contributed by atoms with E-state index >= 15 is 0 Å². The summed E-state index contributed by atoms with van der Waals surface area (Å²) < 4.78 is 22.2. The molecule has 0 bridgehead atoms. The van der Waals surface area contributed by atoms with Gasteiger partial charge >= 0.3 is 0 Å². The van der Waals surface area contributed by atoms with Gasteiger partial charge in [-0.25, -0.2) is 0 Å². The zero-order valence-corrected chi connectivity index (χ0v) is 23.0. The fourth-order valence-electron chi connectivity index (χ4n) is 4.95. The molecule has 9 heteroatoms. The minimum Gasteiger partial charge on any atom is -0.507 e. The third-order valence-electron chi connectivity index (χ3n) is 7.14. The SMILES string of the molecule is CCCCOc1ccc(C2/C(=C(\O)c3ccc(OC)cc3)C(=O)C(=O)N2CCCN2CCOCC2)cc1OC. The molecule has 2 aliphatic heterocycles. The Morgan fingerprint density at radius 2 is 1.72 bits per heavy atom. The van der Waals surface area contributed by atoms with Crippen LogP contribution in [0, 0.1) is 0 Å². The van der Waals surface area contributed by atoms with Gasteiger partial charge in [0.15, 0.2) is 11.5 Å². The average Bonchev–Trinajstić information content (AvgIpc) is 3.22. The van der Waals surface area contributed by atoms with Crippen LogP contribution in [-0.2, 0) is 14.3 Å². The predicted octanol–water partition coefficient (Wildman–Crippen LogP) is 4.03. The third-order valence-corrected chi connectivity index (χ3v) is 7.14. The number of Topliss-reactive ketones (excluding diaryl/α,β-unsaturated/α-hetero) is 1. The number of aliphatic hydroxyl groups excluding tert-OH is 1. The van der Waals surface area contributed by atoms with Gasteiger partial charge in [-0.1, -0.05) is 19.4 Å². The van der Waals surface area contributed by atoms with Crippen LogP contribution in [0.25, 0.3) is 5.76 Å². The first-order valence-electron chi connectivity index (χ1n) is 13.5. The molecule has 1 amide bonds. The molecule has 0 radical (unpaired) electrons. The third kappa shape index (κ3) is 6.54. The van der Waals surface area contributed by atoms with E-state index in [1.54, 1.807) is 55.5 Å². The lowest BCUT2D eigenvalue weighted by atomic mass is 9.95. The van der Waals surface area contributed by atoms with E-state index in [0.29, 0.717) is 61.2 Å². The van der Waals surface area contributed by atoms with Crippen LogP contribution in [0.1, 0.15) is 43.4 Å². The first kappa shape index (κ1) is 28.4. The first-order chi connectivity index (χ1) is 19.0. The summed E-state index contributed by atoms with van der Waals surface area (Å²) in [5.74, 6) is 0.163. The maximum atomic E-state index is 13.4. The van der Waals surface area contributed by atoms with Crippen LogP contribution in [0.2, 0.25) is 0 Å². The van der Waals surface area contributed by atoms with Crippen molar-refractivity contribution in [1.82, 2.24) is 9.80 Å². The molecule has 2 heterocycles. The van der Waals surface area contributed by atoms with Crippen molar-refractivity contribution in [3.05, 3.63) is 59.2 Å². The summed E-state index contributed by atoms with van der Waals surface area (Å²) in [7, 11) is 3.11. The molecule has 210 valence electrons. The van der Waals surface area contributed by atoms with Crippen molar-refractivity contribution in [1.29, 1.82) is 0 Å². The molecule has 1 N–H and O–H groups in total. The van der Waals surface area contributed by atoms with Gasteiger partial charge in [-0.05, 0) is 54.8 Å². The number of carbonyl (C=O) groups is 2. The van der Waals surface area contributed by atoms with E-state index in [0.717, 1.165) is 32.5 Å². The van der Waals surface area contributed by atoms with Gasteiger partial charge in [0.25, 0.3) is 11.7 Å². The number of unbranched alkanes of at least 4 members (excludes halogenated alkanes) is 1. The first-order valence-corrected chi connectivity index (χ1v) is 13.5. The van der Waals surface area contributed by atoms with Crippen molar-refractivity contribution in [2.24, 2.45) is 0 Å². The Bertz CT molecular complexity index is 1170. The summed E-state index contributed by atoms with van der Waals surface area (Å²) in [6.45, 7) is 6.87. The molecule has 0 aromatic heterocycles. The lowest BCUT2D eigenvalue weighted by molar-refractivity contribution is -0.140. The molecule has 39 heavy (non-hydrogen) atoms. The number of ether oxygens (including phenoxy) is 4. The molecule has 2 saturated heterocycles. The van der Waals surface area contributed by atoms with Gasteiger partial charge in [-0.2, -0.15) is 0 Å². The number of nitrogens with zero attached hydrogens (tertiary/aromatic N) is 2. The van der Waals surface area contributed by atoms with Gasteiger partial charge in [0.1, 0.15) is 11.5 Å². The molecular formula is C30H38N2O7. The topological polar surface area (TPSA) is 97.8 Å². The van der Waals surface area contributed by atoms with E-state index in [1.807, 2.05) is 6.07 Å². The zero-order valence-electron chi connectivity index (χ0n) is 23.0. The molecule has 0 saturated carbocycles. The molecule has 0 aliphatic carbocycles. The lowest BCUT2D eigenvalue weighted by Gasteiger charge is -2.29. The number of aliphatic hydroxyl groups is 1. The number of ketones is 1. The van der Waals surface area contributed by atoms with Crippen molar-refractivity contribution in [3.8, 4) is 17.2 Å². The maximum Gasteiger partial charge on any atom is 0.295 e. The fraction of sp³-hybridized carbons (Fsp3) is 0.467. The number of methoxy groups -OCH3 is 2. The van der Waals surface area contributed by atoms with Crippen molar-refractivity contribution < 1.29 is 33.6 Å². The fourth-order valence-corrected chi connectivity index (χ4v) is 4.95. The number of likely N-dealkylation sites (tertiary alicyclic amines) is 1. The summed E-state index contributed by atoms with van der Waals surface area (Å²) in [6.07, 6.45) is 2.60. The van der Waals surface area contributed by atoms with E-state index in [-0.39, 0.29) is 11.3 Å².